The minimum Gasteiger partial charge on any atom is -0.480 e. The highest BCUT2D eigenvalue weighted by molar-refractivity contribution is 6.00. The summed E-state index contributed by atoms with van der Waals surface area (Å²) in [6.07, 6.45) is 0. The molecule has 0 heterocycles. The molecular weight excluding hydrogens is 198 g/mol. The van der Waals surface area contributed by atoms with Gasteiger partial charge in [0.1, 0.15) is 0 Å². The number of rotatable bonds is 3. The summed E-state index contributed by atoms with van der Waals surface area (Å²) in [5, 5.41) is 17.5. The molecule has 0 bridgehead atoms. The Morgan fingerprint density at radius 1 is 1.27 bits per heavy atom. The Hall–Kier alpha value is -2.04. The van der Waals surface area contributed by atoms with E-state index in [1.165, 1.54) is 6.07 Å². The van der Waals surface area contributed by atoms with Crippen LogP contribution in [-0.4, -0.2) is 22.2 Å². The van der Waals surface area contributed by atoms with E-state index in [0.29, 0.717) is 0 Å². The number of hydrogen-bond donors (Lipinski definition) is 3. The van der Waals surface area contributed by atoms with Crippen molar-refractivity contribution in [1.82, 2.24) is 0 Å². The number of carboxylic acid groups (broad SMARTS) is 2. The van der Waals surface area contributed by atoms with Crippen molar-refractivity contribution in [2.75, 3.05) is 5.73 Å². The molecule has 0 saturated carbocycles. The van der Waals surface area contributed by atoms with Crippen LogP contribution in [0.1, 0.15) is 17.0 Å². The van der Waals surface area contributed by atoms with Crippen molar-refractivity contribution in [3.05, 3.63) is 29.3 Å². The molecule has 0 spiro atoms. The van der Waals surface area contributed by atoms with E-state index in [1.807, 2.05) is 0 Å². The number of hydrogen-bond acceptors (Lipinski definition) is 3. The smallest absolute Gasteiger partial charge is 0.322 e. The van der Waals surface area contributed by atoms with Crippen molar-refractivity contribution in [3.8, 4) is 0 Å². The maximum atomic E-state index is 10.7. The first kappa shape index (κ1) is 11.0. The molecule has 1 aromatic carbocycles. The van der Waals surface area contributed by atoms with Gasteiger partial charge in [-0.05, 0) is 18.6 Å². The normalized spacial score (nSPS) is 10.3. The topological polar surface area (TPSA) is 101 Å². The number of nitrogens with two attached hydrogens (primary N) is 1. The molecule has 0 aliphatic heterocycles. The lowest BCUT2D eigenvalue weighted by molar-refractivity contribution is -0.150. The van der Waals surface area contributed by atoms with E-state index in [4.69, 9.17) is 15.9 Å². The van der Waals surface area contributed by atoms with Crippen molar-refractivity contribution in [1.29, 1.82) is 0 Å². The molecule has 0 amide bonds. The standard InChI is InChI=1S/C10H11NO4/c1-5-2-3-6(7(11)4-5)8(9(12)13)10(14)15/h2-4,8H,11H2,1H3,(H,12,13)(H,14,15). The highest BCUT2D eigenvalue weighted by atomic mass is 16.4. The number of carbonyl (C=O) groups is 2. The van der Waals surface area contributed by atoms with E-state index in [9.17, 15) is 9.59 Å². The molecule has 15 heavy (non-hydrogen) atoms. The third kappa shape index (κ3) is 2.25. The maximum Gasteiger partial charge on any atom is 0.322 e. The molecule has 0 aromatic heterocycles. The Labute approximate surface area is 86.1 Å². The zero-order chi connectivity index (χ0) is 11.6. The Bertz CT molecular complexity index is 400. The molecular formula is C10H11NO4. The summed E-state index contributed by atoms with van der Waals surface area (Å²) in [7, 11) is 0. The van der Waals surface area contributed by atoms with Gasteiger partial charge in [-0.25, -0.2) is 0 Å². The van der Waals surface area contributed by atoms with Crippen LogP contribution >= 0.6 is 0 Å². The minimum atomic E-state index is -1.61. The molecule has 0 unspecified atom stereocenters. The van der Waals surface area contributed by atoms with Gasteiger partial charge in [0.15, 0.2) is 5.92 Å². The lowest BCUT2D eigenvalue weighted by Gasteiger charge is -2.11. The largest absolute Gasteiger partial charge is 0.480 e. The quantitative estimate of drug-likeness (QED) is 0.505. The predicted molar refractivity (Wildman–Crippen MR) is 53.6 cm³/mol. The molecule has 1 rings (SSSR count). The molecule has 1 aromatic rings. The summed E-state index contributed by atoms with van der Waals surface area (Å²) in [4.78, 5) is 21.5. The second-order valence-corrected chi connectivity index (χ2v) is 3.24. The highest BCUT2D eigenvalue weighted by Gasteiger charge is 2.29. The maximum absolute atomic E-state index is 10.7. The fourth-order valence-electron chi connectivity index (χ4n) is 1.33. The van der Waals surface area contributed by atoms with Crippen LogP contribution in [0.2, 0.25) is 0 Å². The van der Waals surface area contributed by atoms with E-state index in [2.05, 4.69) is 0 Å². The third-order valence-corrected chi connectivity index (χ3v) is 2.05. The van der Waals surface area contributed by atoms with Crippen molar-refractivity contribution >= 4 is 17.6 Å². The second kappa shape index (κ2) is 4.00. The molecule has 4 N–H and O–H groups in total. The molecule has 0 saturated heterocycles. The summed E-state index contributed by atoms with van der Waals surface area (Å²) in [6.45, 7) is 1.79. The lowest BCUT2D eigenvalue weighted by Crippen LogP contribution is -2.22. The Morgan fingerprint density at radius 2 is 1.80 bits per heavy atom. The first-order valence-electron chi connectivity index (χ1n) is 4.25. The molecule has 0 fully saturated rings. The highest BCUT2D eigenvalue weighted by Crippen LogP contribution is 2.24. The van der Waals surface area contributed by atoms with Crippen LogP contribution < -0.4 is 5.73 Å². The van der Waals surface area contributed by atoms with Crippen molar-refractivity contribution in [2.24, 2.45) is 0 Å². The Kier molecular flexibility index (Phi) is 2.94. The van der Waals surface area contributed by atoms with Gasteiger partial charge in [0, 0.05) is 11.3 Å². The van der Waals surface area contributed by atoms with Crippen molar-refractivity contribution in [3.63, 3.8) is 0 Å². The van der Waals surface area contributed by atoms with Crippen LogP contribution in [0.4, 0.5) is 5.69 Å². The number of aliphatic carboxylic acids is 2. The van der Waals surface area contributed by atoms with E-state index >= 15 is 0 Å². The predicted octanol–water partition coefficient (Wildman–Crippen LogP) is 0.830. The van der Waals surface area contributed by atoms with Crippen LogP contribution in [0, 0.1) is 6.92 Å². The van der Waals surface area contributed by atoms with Gasteiger partial charge in [0.25, 0.3) is 0 Å². The summed E-state index contributed by atoms with van der Waals surface area (Å²) in [5.74, 6) is -4.44. The monoisotopic (exact) mass is 209 g/mol. The van der Waals surface area contributed by atoms with Crippen LogP contribution in [0.5, 0.6) is 0 Å². The van der Waals surface area contributed by atoms with Gasteiger partial charge in [0.05, 0.1) is 0 Å². The van der Waals surface area contributed by atoms with E-state index < -0.39 is 17.9 Å². The molecule has 0 aliphatic carbocycles. The number of carboxylic acids is 2. The van der Waals surface area contributed by atoms with Crippen LogP contribution in [0.25, 0.3) is 0 Å². The van der Waals surface area contributed by atoms with E-state index in [1.54, 1.807) is 19.1 Å². The summed E-state index contributed by atoms with van der Waals surface area (Å²) in [5.41, 5.74) is 6.72. The lowest BCUT2D eigenvalue weighted by atomic mass is 9.96. The van der Waals surface area contributed by atoms with Crippen LogP contribution in [-0.2, 0) is 9.59 Å². The molecule has 0 aliphatic rings. The molecule has 5 nitrogen and oxygen atoms in total. The first-order valence-corrected chi connectivity index (χ1v) is 4.25. The molecule has 5 heteroatoms. The first-order chi connectivity index (χ1) is 6.93. The Morgan fingerprint density at radius 3 is 2.20 bits per heavy atom. The number of benzene rings is 1. The molecule has 0 atom stereocenters. The van der Waals surface area contributed by atoms with E-state index in [0.717, 1.165) is 5.56 Å². The van der Waals surface area contributed by atoms with Gasteiger partial charge in [-0.15, -0.1) is 0 Å². The number of anilines is 1. The zero-order valence-corrected chi connectivity index (χ0v) is 8.10. The van der Waals surface area contributed by atoms with Gasteiger partial charge < -0.3 is 15.9 Å². The Balaban J connectivity index is 3.23. The fourth-order valence-corrected chi connectivity index (χ4v) is 1.33. The summed E-state index contributed by atoms with van der Waals surface area (Å²) < 4.78 is 0. The van der Waals surface area contributed by atoms with Gasteiger partial charge >= 0.3 is 11.9 Å². The third-order valence-electron chi connectivity index (χ3n) is 2.05. The average Bonchev–Trinajstić information content (AvgIpc) is 2.08. The van der Waals surface area contributed by atoms with Gasteiger partial charge in [-0.2, -0.15) is 0 Å². The van der Waals surface area contributed by atoms with Crippen LogP contribution in [0.15, 0.2) is 18.2 Å². The zero-order valence-electron chi connectivity index (χ0n) is 8.10. The molecule has 80 valence electrons. The van der Waals surface area contributed by atoms with Gasteiger partial charge in [-0.1, -0.05) is 12.1 Å². The number of aryl methyl sites for hydroxylation is 1. The minimum absolute atomic E-state index is 0.112. The SMILES string of the molecule is Cc1ccc(C(C(=O)O)C(=O)O)c(N)c1. The van der Waals surface area contributed by atoms with Gasteiger partial charge in [0.2, 0.25) is 0 Å². The summed E-state index contributed by atoms with van der Waals surface area (Å²) in [6, 6.07) is 4.61. The van der Waals surface area contributed by atoms with Crippen LogP contribution in [0.3, 0.4) is 0 Å². The average molecular weight is 209 g/mol. The van der Waals surface area contributed by atoms with E-state index in [-0.39, 0.29) is 11.3 Å². The van der Waals surface area contributed by atoms with Crippen molar-refractivity contribution in [2.45, 2.75) is 12.8 Å². The number of nitrogen functional groups attached to an aromatic ring is 1. The summed E-state index contributed by atoms with van der Waals surface area (Å²) >= 11 is 0. The molecule has 0 radical (unpaired) electrons. The van der Waals surface area contributed by atoms with Gasteiger partial charge in [-0.3, -0.25) is 9.59 Å². The second-order valence-electron chi connectivity index (χ2n) is 3.24. The fraction of sp³-hybridized carbons (Fsp3) is 0.200. The van der Waals surface area contributed by atoms with Crippen molar-refractivity contribution < 1.29 is 19.8 Å².